The molecule has 1 aromatic rings. The summed E-state index contributed by atoms with van der Waals surface area (Å²) in [6, 6.07) is 5.83. The van der Waals surface area contributed by atoms with E-state index in [9.17, 15) is 9.59 Å². The van der Waals surface area contributed by atoms with Crippen LogP contribution in [0.5, 0.6) is 0 Å². The highest BCUT2D eigenvalue weighted by Crippen LogP contribution is 2.14. The van der Waals surface area contributed by atoms with Crippen LogP contribution < -0.4 is 5.32 Å². The first kappa shape index (κ1) is 15.4. The van der Waals surface area contributed by atoms with Gasteiger partial charge in [0.25, 0.3) is 5.91 Å². The van der Waals surface area contributed by atoms with Crippen LogP contribution in [0.3, 0.4) is 0 Å². The normalized spacial score (nSPS) is 15.7. The van der Waals surface area contributed by atoms with Gasteiger partial charge in [-0.1, -0.05) is 6.07 Å². The third-order valence-corrected chi connectivity index (χ3v) is 4.03. The maximum absolute atomic E-state index is 12.2. The van der Waals surface area contributed by atoms with Crippen molar-refractivity contribution in [1.29, 1.82) is 0 Å². The minimum atomic E-state index is -0.297. The van der Waals surface area contributed by atoms with Crippen LogP contribution in [0.25, 0.3) is 0 Å². The predicted molar refractivity (Wildman–Crippen MR) is 80.4 cm³/mol. The summed E-state index contributed by atoms with van der Waals surface area (Å²) in [5.74, 6) is -0.0466. The zero-order chi connectivity index (χ0) is 15.4. The predicted octanol–water partition coefficient (Wildman–Crippen LogP) is 2.26. The second-order valence-corrected chi connectivity index (χ2v) is 5.50. The average molecular weight is 290 g/mol. The Balaban J connectivity index is 1.89. The zero-order valence-corrected chi connectivity index (χ0v) is 12.8. The molecule has 1 aliphatic heterocycles. The van der Waals surface area contributed by atoms with E-state index in [0.29, 0.717) is 18.7 Å². The Bertz CT molecular complexity index is 534. The number of amides is 2. The molecule has 1 aliphatic rings. The Morgan fingerprint density at radius 2 is 1.86 bits per heavy atom. The van der Waals surface area contributed by atoms with Gasteiger partial charge in [0.15, 0.2) is 0 Å². The van der Waals surface area contributed by atoms with E-state index < -0.39 is 0 Å². The lowest BCUT2D eigenvalue weighted by atomic mass is 10.0. The van der Waals surface area contributed by atoms with Gasteiger partial charge < -0.3 is 15.0 Å². The number of methoxy groups -OCH3 is 1. The highest BCUT2D eigenvalue weighted by molar-refractivity contribution is 5.94. The number of nitrogens with one attached hydrogen (secondary N) is 1. The van der Waals surface area contributed by atoms with Gasteiger partial charge >= 0.3 is 6.09 Å². The molecule has 1 N–H and O–H groups in total. The van der Waals surface area contributed by atoms with Gasteiger partial charge in [-0.3, -0.25) is 4.79 Å². The summed E-state index contributed by atoms with van der Waals surface area (Å²) in [4.78, 5) is 25.3. The van der Waals surface area contributed by atoms with E-state index in [-0.39, 0.29) is 18.0 Å². The molecule has 1 fully saturated rings. The number of likely N-dealkylation sites (tertiary alicyclic amines) is 1. The number of hydrogen-bond acceptors (Lipinski definition) is 3. The fourth-order valence-electron chi connectivity index (χ4n) is 2.49. The van der Waals surface area contributed by atoms with Gasteiger partial charge in [-0.2, -0.15) is 0 Å². The lowest BCUT2D eigenvalue weighted by Crippen LogP contribution is -2.46. The van der Waals surface area contributed by atoms with Crippen molar-refractivity contribution >= 4 is 12.0 Å². The number of ether oxygens (including phenoxy) is 1. The first-order chi connectivity index (χ1) is 10.0. The average Bonchev–Trinajstić information content (AvgIpc) is 2.50. The number of hydrogen-bond donors (Lipinski definition) is 1. The summed E-state index contributed by atoms with van der Waals surface area (Å²) in [7, 11) is 1.38. The van der Waals surface area contributed by atoms with Crippen LogP contribution in [-0.4, -0.2) is 43.1 Å². The van der Waals surface area contributed by atoms with Crippen molar-refractivity contribution in [2.45, 2.75) is 32.7 Å². The summed E-state index contributed by atoms with van der Waals surface area (Å²) >= 11 is 0. The van der Waals surface area contributed by atoms with E-state index in [0.717, 1.165) is 18.4 Å². The summed E-state index contributed by atoms with van der Waals surface area (Å²) in [5, 5.41) is 3.04. The minimum absolute atomic E-state index is 0.0466. The van der Waals surface area contributed by atoms with Gasteiger partial charge in [0.1, 0.15) is 0 Å². The van der Waals surface area contributed by atoms with Gasteiger partial charge in [-0.25, -0.2) is 4.79 Å². The molecule has 1 heterocycles. The van der Waals surface area contributed by atoms with E-state index in [1.54, 1.807) is 4.90 Å². The first-order valence-electron chi connectivity index (χ1n) is 7.22. The standard InChI is InChI=1S/C16H22N2O3/c1-11-4-5-13(10-12(11)2)15(19)17-14-6-8-18(9-7-14)16(20)21-3/h4-5,10,14H,6-9H2,1-3H3,(H,17,19). The van der Waals surface area contributed by atoms with Crippen molar-refractivity contribution in [2.75, 3.05) is 20.2 Å². The Morgan fingerprint density at radius 1 is 1.19 bits per heavy atom. The SMILES string of the molecule is COC(=O)N1CCC(NC(=O)c2ccc(C)c(C)c2)CC1. The molecular weight excluding hydrogens is 268 g/mol. The molecule has 1 saturated heterocycles. The summed E-state index contributed by atoms with van der Waals surface area (Å²) in [5.41, 5.74) is 2.98. The lowest BCUT2D eigenvalue weighted by molar-refractivity contribution is 0.0892. The molecule has 5 heteroatoms. The van der Waals surface area contributed by atoms with Crippen molar-refractivity contribution in [3.8, 4) is 0 Å². The van der Waals surface area contributed by atoms with Crippen molar-refractivity contribution in [3.63, 3.8) is 0 Å². The Hall–Kier alpha value is -2.04. The summed E-state index contributed by atoms with van der Waals surface area (Å²) in [6.07, 6.45) is 1.21. The molecule has 5 nitrogen and oxygen atoms in total. The highest BCUT2D eigenvalue weighted by atomic mass is 16.5. The molecule has 0 atom stereocenters. The molecule has 0 aliphatic carbocycles. The molecule has 0 saturated carbocycles. The number of rotatable bonds is 2. The van der Waals surface area contributed by atoms with Crippen LogP contribution in [0.15, 0.2) is 18.2 Å². The number of carbonyl (C=O) groups excluding carboxylic acids is 2. The van der Waals surface area contributed by atoms with E-state index >= 15 is 0 Å². The molecule has 1 aromatic carbocycles. The maximum Gasteiger partial charge on any atom is 0.409 e. The van der Waals surface area contributed by atoms with Crippen molar-refractivity contribution in [3.05, 3.63) is 34.9 Å². The van der Waals surface area contributed by atoms with Crippen molar-refractivity contribution in [2.24, 2.45) is 0 Å². The third-order valence-electron chi connectivity index (χ3n) is 4.03. The number of carbonyl (C=O) groups is 2. The fourth-order valence-corrected chi connectivity index (χ4v) is 2.49. The van der Waals surface area contributed by atoms with Crippen LogP contribution in [0.1, 0.15) is 34.3 Å². The Morgan fingerprint density at radius 3 is 2.43 bits per heavy atom. The van der Waals surface area contributed by atoms with E-state index in [1.165, 1.54) is 12.7 Å². The summed E-state index contributed by atoms with van der Waals surface area (Å²) in [6.45, 7) is 5.26. The van der Waals surface area contributed by atoms with Gasteiger partial charge in [0, 0.05) is 24.7 Å². The van der Waals surface area contributed by atoms with Crippen LogP contribution in [0.4, 0.5) is 4.79 Å². The zero-order valence-electron chi connectivity index (χ0n) is 12.8. The minimum Gasteiger partial charge on any atom is -0.453 e. The van der Waals surface area contributed by atoms with E-state index in [1.807, 2.05) is 32.0 Å². The molecule has 0 bridgehead atoms. The molecule has 0 aromatic heterocycles. The maximum atomic E-state index is 12.2. The molecule has 2 amide bonds. The van der Waals surface area contributed by atoms with E-state index in [2.05, 4.69) is 5.32 Å². The van der Waals surface area contributed by atoms with Crippen LogP contribution >= 0.6 is 0 Å². The second-order valence-electron chi connectivity index (χ2n) is 5.50. The fraction of sp³-hybridized carbons (Fsp3) is 0.500. The van der Waals surface area contributed by atoms with Crippen LogP contribution in [-0.2, 0) is 4.74 Å². The number of benzene rings is 1. The molecule has 0 unspecified atom stereocenters. The topological polar surface area (TPSA) is 58.6 Å². The third kappa shape index (κ3) is 3.74. The molecular formula is C16H22N2O3. The largest absolute Gasteiger partial charge is 0.453 e. The van der Waals surface area contributed by atoms with Gasteiger partial charge in [-0.05, 0) is 49.9 Å². The Labute approximate surface area is 125 Å². The van der Waals surface area contributed by atoms with Gasteiger partial charge in [0.2, 0.25) is 0 Å². The van der Waals surface area contributed by atoms with Gasteiger partial charge in [0.05, 0.1) is 7.11 Å². The molecule has 114 valence electrons. The quantitative estimate of drug-likeness (QED) is 0.909. The highest BCUT2D eigenvalue weighted by Gasteiger charge is 2.24. The molecule has 0 spiro atoms. The second kappa shape index (κ2) is 6.61. The molecule has 21 heavy (non-hydrogen) atoms. The summed E-state index contributed by atoms with van der Waals surface area (Å²) < 4.78 is 4.70. The van der Waals surface area contributed by atoms with Gasteiger partial charge in [-0.15, -0.1) is 0 Å². The molecule has 0 radical (unpaired) electrons. The Kier molecular flexibility index (Phi) is 4.83. The van der Waals surface area contributed by atoms with Crippen molar-refractivity contribution in [1.82, 2.24) is 10.2 Å². The number of nitrogens with zero attached hydrogens (tertiary/aromatic N) is 1. The number of piperidine rings is 1. The van der Waals surface area contributed by atoms with Crippen LogP contribution in [0.2, 0.25) is 0 Å². The van der Waals surface area contributed by atoms with Crippen molar-refractivity contribution < 1.29 is 14.3 Å². The van der Waals surface area contributed by atoms with Crippen LogP contribution in [0, 0.1) is 13.8 Å². The monoisotopic (exact) mass is 290 g/mol. The first-order valence-corrected chi connectivity index (χ1v) is 7.22. The smallest absolute Gasteiger partial charge is 0.409 e. The number of aryl methyl sites for hydroxylation is 2. The van der Waals surface area contributed by atoms with E-state index in [4.69, 9.17) is 4.74 Å². The molecule has 2 rings (SSSR count). The lowest BCUT2D eigenvalue weighted by Gasteiger charge is -2.31.